The SMILES string of the molecule is Cc1ccc2c(c1)C(=O)N(CC(=O)n1ccc(S(=O)(=O)NC(=O)Nc3c4c(cc5c3CCC5)CCC4)n1)C(=O)C2(C)C. The lowest BCUT2D eigenvalue weighted by atomic mass is 9.77. The molecule has 2 heterocycles. The number of carbonyl (C=O) groups is 4. The summed E-state index contributed by atoms with van der Waals surface area (Å²) < 4.78 is 28.8. The molecular weight excluding hydrogens is 558 g/mol. The van der Waals surface area contributed by atoms with E-state index < -0.39 is 50.8 Å². The van der Waals surface area contributed by atoms with E-state index in [4.69, 9.17) is 0 Å². The lowest BCUT2D eigenvalue weighted by Gasteiger charge is -2.37. The Balaban J connectivity index is 1.18. The van der Waals surface area contributed by atoms with Crippen molar-refractivity contribution in [1.82, 2.24) is 19.4 Å². The standard InChI is InChI=1S/C30H31N5O6S/c1-17-10-11-23-22(14-17)27(37)34(28(38)30(23,2)3)16-25(36)35-13-12-24(32-35)42(40,41)33-29(39)31-26-20-8-4-6-18(20)15-19-7-5-9-21(19)26/h10-15H,4-9,16H2,1-3H3,(H2,31,33,39). The van der Waals surface area contributed by atoms with E-state index >= 15 is 0 Å². The van der Waals surface area contributed by atoms with E-state index in [1.165, 1.54) is 11.1 Å². The summed E-state index contributed by atoms with van der Waals surface area (Å²) in [5.74, 6) is -1.94. The average molecular weight is 590 g/mol. The van der Waals surface area contributed by atoms with Crippen molar-refractivity contribution in [2.24, 2.45) is 0 Å². The summed E-state index contributed by atoms with van der Waals surface area (Å²) in [7, 11) is -4.43. The average Bonchev–Trinajstić information content (AvgIpc) is 3.70. The zero-order valence-electron chi connectivity index (χ0n) is 23.6. The molecule has 0 atom stereocenters. The van der Waals surface area contributed by atoms with Crippen LogP contribution in [0, 0.1) is 6.92 Å². The van der Waals surface area contributed by atoms with Gasteiger partial charge >= 0.3 is 6.03 Å². The highest BCUT2D eigenvalue weighted by molar-refractivity contribution is 7.90. The van der Waals surface area contributed by atoms with Gasteiger partial charge in [0.25, 0.3) is 21.8 Å². The molecule has 0 radical (unpaired) electrons. The maximum absolute atomic E-state index is 13.2. The summed E-state index contributed by atoms with van der Waals surface area (Å²) in [4.78, 5) is 53.2. The first-order valence-electron chi connectivity index (χ1n) is 13.9. The number of aryl methyl sites for hydroxylation is 3. The number of sulfonamides is 1. The van der Waals surface area contributed by atoms with Crippen molar-refractivity contribution in [3.05, 3.63) is 75.5 Å². The summed E-state index contributed by atoms with van der Waals surface area (Å²) >= 11 is 0. The van der Waals surface area contributed by atoms with Crippen LogP contribution in [0.25, 0.3) is 0 Å². The number of nitrogens with one attached hydrogen (secondary N) is 2. The molecule has 12 heteroatoms. The number of anilines is 1. The molecule has 42 heavy (non-hydrogen) atoms. The second-order valence-corrected chi connectivity index (χ2v) is 13.3. The van der Waals surface area contributed by atoms with Gasteiger partial charge in [0.2, 0.25) is 5.91 Å². The number of benzene rings is 2. The number of hydrogen-bond acceptors (Lipinski definition) is 7. The Morgan fingerprint density at radius 3 is 2.31 bits per heavy atom. The van der Waals surface area contributed by atoms with Gasteiger partial charge in [-0.2, -0.15) is 13.5 Å². The van der Waals surface area contributed by atoms with Gasteiger partial charge in [-0.15, -0.1) is 0 Å². The molecule has 0 saturated heterocycles. The lowest BCUT2D eigenvalue weighted by Crippen LogP contribution is -2.53. The van der Waals surface area contributed by atoms with Crippen molar-refractivity contribution in [1.29, 1.82) is 0 Å². The number of fused-ring (bicyclic) bond motifs is 3. The molecule has 2 aliphatic carbocycles. The minimum absolute atomic E-state index is 0.334. The maximum atomic E-state index is 13.2. The number of amides is 4. The van der Waals surface area contributed by atoms with Gasteiger partial charge in [0.05, 0.1) is 5.41 Å². The molecule has 2 N–H and O–H groups in total. The molecule has 2 aromatic carbocycles. The summed E-state index contributed by atoms with van der Waals surface area (Å²) in [5.41, 5.74) is 5.89. The highest BCUT2D eigenvalue weighted by Crippen LogP contribution is 2.39. The first-order valence-corrected chi connectivity index (χ1v) is 15.4. The fourth-order valence-electron chi connectivity index (χ4n) is 6.29. The van der Waals surface area contributed by atoms with Crippen molar-refractivity contribution in [3.63, 3.8) is 0 Å². The number of rotatable bonds is 5. The molecule has 218 valence electrons. The predicted molar refractivity (Wildman–Crippen MR) is 153 cm³/mol. The van der Waals surface area contributed by atoms with Crippen LogP contribution in [0.15, 0.2) is 41.6 Å². The van der Waals surface area contributed by atoms with Crippen LogP contribution in [0.3, 0.4) is 0 Å². The molecule has 1 aliphatic heterocycles. The van der Waals surface area contributed by atoms with Gasteiger partial charge in [-0.25, -0.2) is 14.2 Å². The van der Waals surface area contributed by atoms with Crippen LogP contribution >= 0.6 is 0 Å². The van der Waals surface area contributed by atoms with Gasteiger partial charge in [-0.05, 0) is 99.2 Å². The maximum Gasteiger partial charge on any atom is 0.333 e. The Morgan fingerprint density at radius 2 is 1.64 bits per heavy atom. The molecular formula is C30H31N5O6S. The Bertz CT molecular complexity index is 1770. The van der Waals surface area contributed by atoms with Crippen LogP contribution in [0.1, 0.15) is 75.2 Å². The number of urea groups is 1. The van der Waals surface area contributed by atoms with Crippen LogP contribution in [0.5, 0.6) is 0 Å². The van der Waals surface area contributed by atoms with Crippen molar-refractivity contribution < 1.29 is 27.6 Å². The molecule has 0 saturated carbocycles. The number of nitrogens with zero attached hydrogens (tertiary/aromatic N) is 3. The Hall–Kier alpha value is -4.32. The minimum Gasteiger partial charge on any atom is -0.307 e. The Kier molecular flexibility index (Phi) is 6.56. The van der Waals surface area contributed by atoms with E-state index in [2.05, 4.69) is 16.5 Å². The van der Waals surface area contributed by atoms with Gasteiger partial charge in [-0.3, -0.25) is 19.3 Å². The van der Waals surface area contributed by atoms with E-state index in [-0.39, 0.29) is 0 Å². The molecule has 0 unspecified atom stereocenters. The normalized spacial score (nSPS) is 17.1. The van der Waals surface area contributed by atoms with E-state index in [9.17, 15) is 27.6 Å². The summed E-state index contributed by atoms with van der Waals surface area (Å²) in [6, 6.07) is 7.61. The van der Waals surface area contributed by atoms with E-state index in [0.717, 1.165) is 77.1 Å². The minimum atomic E-state index is -4.43. The van der Waals surface area contributed by atoms with Crippen LogP contribution < -0.4 is 10.0 Å². The molecule has 3 aliphatic rings. The van der Waals surface area contributed by atoms with Crippen LogP contribution in [-0.2, 0) is 45.9 Å². The molecule has 3 aromatic rings. The lowest BCUT2D eigenvalue weighted by molar-refractivity contribution is -0.133. The predicted octanol–water partition coefficient (Wildman–Crippen LogP) is 3.28. The molecule has 1 aromatic heterocycles. The fraction of sp³-hybridized carbons (Fsp3) is 0.367. The largest absolute Gasteiger partial charge is 0.333 e. The third-order valence-electron chi connectivity index (χ3n) is 8.43. The third-order valence-corrected chi connectivity index (χ3v) is 9.65. The highest BCUT2D eigenvalue weighted by atomic mass is 32.2. The van der Waals surface area contributed by atoms with Crippen molar-refractivity contribution >= 4 is 39.5 Å². The van der Waals surface area contributed by atoms with Crippen molar-refractivity contribution in [3.8, 4) is 0 Å². The molecule has 11 nitrogen and oxygen atoms in total. The number of carbonyl (C=O) groups excluding carboxylic acids is 4. The first-order chi connectivity index (χ1) is 19.9. The third kappa shape index (κ3) is 4.59. The second kappa shape index (κ2) is 9.90. The topological polar surface area (TPSA) is 148 Å². The van der Waals surface area contributed by atoms with Gasteiger partial charge in [0, 0.05) is 17.4 Å². The van der Waals surface area contributed by atoms with E-state index in [1.54, 1.807) is 26.0 Å². The van der Waals surface area contributed by atoms with E-state index in [1.807, 2.05) is 17.7 Å². The summed E-state index contributed by atoms with van der Waals surface area (Å²) in [6.07, 6.45) is 6.59. The highest BCUT2D eigenvalue weighted by Gasteiger charge is 2.45. The van der Waals surface area contributed by atoms with Crippen LogP contribution in [0.2, 0.25) is 0 Å². The second-order valence-electron chi connectivity index (χ2n) is 11.7. The molecule has 0 fully saturated rings. The van der Waals surface area contributed by atoms with Crippen LogP contribution in [-0.4, -0.2) is 53.4 Å². The van der Waals surface area contributed by atoms with Gasteiger partial charge in [-0.1, -0.05) is 23.8 Å². The summed E-state index contributed by atoms with van der Waals surface area (Å²) in [5, 5.41) is 6.08. The Morgan fingerprint density at radius 1 is 0.976 bits per heavy atom. The van der Waals surface area contributed by atoms with Crippen LogP contribution in [0.4, 0.5) is 10.5 Å². The monoisotopic (exact) mass is 589 g/mol. The molecule has 4 amide bonds. The van der Waals surface area contributed by atoms with Gasteiger partial charge < -0.3 is 5.32 Å². The number of hydrogen-bond donors (Lipinski definition) is 2. The molecule has 0 spiro atoms. The van der Waals surface area contributed by atoms with Gasteiger partial charge in [0.15, 0.2) is 5.03 Å². The van der Waals surface area contributed by atoms with Crippen molar-refractivity contribution in [2.75, 3.05) is 11.9 Å². The molecule has 0 bridgehead atoms. The van der Waals surface area contributed by atoms with Crippen molar-refractivity contribution in [2.45, 2.75) is 69.7 Å². The Labute approximate surface area is 243 Å². The smallest absolute Gasteiger partial charge is 0.307 e. The van der Waals surface area contributed by atoms with E-state index in [0.29, 0.717) is 16.8 Å². The quantitative estimate of drug-likeness (QED) is 0.434. The number of imide groups is 1. The summed E-state index contributed by atoms with van der Waals surface area (Å²) in [6.45, 7) is 4.56. The first kappa shape index (κ1) is 27.8. The fourth-order valence-corrected chi connectivity index (χ4v) is 7.13. The molecule has 6 rings (SSSR count). The zero-order valence-corrected chi connectivity index (χ0v) is 24.4. The van der Waals surface area contributed by atoms with Gasteiger partial charge in [0.1, 0.15) is 6.54 Å². The number of aromatic nitrogens is 2. The zero-order chi connectivity index (χ0) is 30.0.